The number of quaternary nitrogens is 1. The summed E-state index contributed by atoms with van der Waals surface area (Å²) in [5.74, 6) is 0.426. The van der Waals surface area contributed by atoms with Gasteiger partial charge in [-0.25, -0.2) is 0 Å². The zero-order valence-electron chi connectivity index (χ0n) is 13.8. The van der Waals surface area contributed by atoms with Crippen LogP contribution in [0.5, 0.6) is 0 Å². The van der Waals surface area contributed by atoms with Crippen LogP contribution in [0.15, 0.2) is 57.2 Å². The van der Waals surface area contributed by atoms with Gasteiger partial charge in [0, 0.05) is 18.3 Å². The number of amidine groups is 1. The van der Waals surface area contributed by atoms with E-state index in [1.807, 2.05) is 6.07 Å². The zero-order chi connectivity index (χ0) is 19.3. The van der Waals surface area contributed by atoms with E-state index in [-0.39, 0.29) is 9.64 Å². The average molecular weight is 496 g/mol. The number of nitrogens with zero attached hydrogens (tertiary/aromatic N) is 2. The van der Waals surface area contributed by atoms with E-state index in [9.17, 15) is 5.11 Å². The first-order chi connectivity index (χ1) is 12.1. The number of rotatable bonds is 3. The minimum absolute atomic E-state index is 0.251. The van der Waals surface area contributed by atoms with E-state index in [2.05, 4.69) is 20.9 Å². The van der Waals surface area contributed by atoms with E-state index >= 15 is 0 Å². The van der Waals surface area contributed by atoms with Crippen LogP contribution in [-0.2, 0) is 0 Å². The van der Waals surface area contributed by atoms with Gasteiger partial charge in [0.2, 0.25) is 16.7 Å². The molecule has 1 atom stereocenters. The van der Waals surface area contributed by atoms with Gasteiger partial charge in [-0.05, 0) is 41.9 Å². The molecule has 0 radical (unpaired) electrons. The molecule has 1 heterocycles. The molecule has 26 heavy (non-hydrogen) atoms. The Morgan fingerprint density at radius 2 is 1.62 bits per heavy atom. The summed E-state index contributed by atoms with van der Waals surface area (Å²) in [5.41, 5.74) is -0.395. The molecule has 8 heteroatoms. The normalized spacial score (nSPS) is 20.2. The number of halogens is 5. The molecule has 1 aliphatic rings. The second-order valence-corrected chi connectivity index (χ2v) is 8.79. The lowest BCUT2D eigenvalue weighted by Gasteiger charge is -2.43. The first-order valence-corrected chi connectivity index (χ1v) is 9.87. The van der Waals surface area contributed by atoms with E-state index in [4.69, 9.17) is 46.4 Å². The topological polar surface area (TPSA) is 32.6 Å². The van der Waals surface area contributed by atoms with Gasteiger partial charge >= 0.3 is 0 Å². The van der Waals surface area contributed by atoms with Gasteiger partial charge in [-0.1, -0.05) is 56.8 Å². The maximum Gasteiger partial charge on any atom is 0.250 e. The number of benzene rings is 2. The molecule has 1 aliphatic heterocycles. The minimum Gasteiger partial charge on any atom is -0.342 e. The Morgan fingerprint density at radius 3 is 2.15 bits per heavy atom. The van der Waals surface area contributed by atoms with Crippen LogP contribution in [0.25, 0.3) is 0 Å². The highest BCUT2D eigenvalue weighted by atomic mass is 79.9. The largest absolute Gasteiger partial charge is 0.342 e. The Labute approximate surface area is 180 Å². The quantitative estimate of drug-likeness (QED) is 0.363. The molecule has 2 aromatic rings. The molecule has 0 spiro atoms. The third-order valence-electron chi connectivity index (χ3n) is 4.20. The summed E-state index contributed by atoms with van der Waals surface area (Å²) in [7, 11) is 0. The van der Waals surface area contributed by atoms with Gasteiger partial charge in [-0.2, -0.15) is 9.48 Å². The number of hydrogen-bond acceptors (Lipinski definition) is 2. The fraction of sp³-hybridized carbons (Fsp3) is 0.167. The Hall–Kier alpha value is -0.590. The predicted molar refractivity (Wildman–Crippen MR) is 114 cm³/mol. The number of aliphatic hydroxyl groups is 1. The lowest BCUT2D eigenvalue weighted by Crippen LogP contribution is -2.64. The van der Waals surface area contributed by atoms with Crippen molar-refractivity contribution in [1.82, 2.24) is 4.48 Å². The molecule has 136 valence electrons. The van der Waals surface area contributed by atoms with Crippen LogP contribution in [0.3, 0.4) is 0 Å². The summed E-state index contributed by atoms with van der Waals surface area (Å²) >= 11 is 29.5. The van der Waals surface area contributed by atoms with Gasteiger partial charge in [0.05, 0.1) is 10.6 Å². The van der Waals surface area contributed by atoms with E-state index in [1.54, 1.807) is 44.2 Å². The van der Waals surface area contributed by atoms with Crippen molar-refractivity contribution in [3.63, 3.8) is 0 Å². The second kappa shape index (κ2) is 7.10. The predicted octanol–water partition coefficient (Wildman–Crippen LogP) is 6.94. The van der Waals surface area contributed by atoms with E-state index in [1.165, 1.54) is 6.20 Å². The van der Waals surface area contributed by atoms with Crippen molar-refractivity contribution >= 4 is 73.9 Å². The molecule has 0 aliphatic carbocycles. The zero-order valence-corrected chi connectivity index (χ0v) is 18.4. The van der Waals surface area contributed by atoms with Crippen molar-refractivity contribution in [2.45, 2.75) is 19.6 Å². The molecule has 0 saturated heterocycles. The summed E-state index contributed by atoms with van der Waals surface area (Å²) in [6, 6.07) is 10.5. The molecule has 1 unspecified atom stereocenters. The van der Waals surface area contributed by atoms with Crippen LogP contribution in [-0.4, -0.2) is 16.7 Å². The highest BCUT2D eigenvalue weighted by Gasteiger charge is 2.58. The minimum atomic E-state index is -1.44. The molecule has 0 saturated carbocycles. The molecule has 0 fully saturated rings. The van der Waals surface area contributed by atoms with Crippen LogP contribution in [0.1, 0.15) is 19.4 Å². The first-order valence-electron chi connectivity index (χ1n) is 7.57. The maximum absolute atomic E-state index is 11.2. The van der Waals surface area contributed by atoms with Crippen molar-refractivity contribution in [1.29, 1.82) is 0 Å². The summed E-state index contributed by atoms with van der Waals surface area (Å²) in [5, 5.41) is 12.6. The lowest BCUT2D eigenvalue weighted by molar-refractivity contribution is -0.00836. The Bertz CT molecular complexity index is 932. The van der Waals surface area contributed by atoms with Crippen molar-refractivity contribution in [2.75, 3.05) is 0 Å². The molecule has 2 aromatic carbocycles. The van der Waals surface area contributed by atoms with Gasteiger partial charge in [0.15, 0.2) is 5.69 Å². The number of hydrogen-bond donors (Lipinski definition) is 1. The SMILES string of the molecule is CC(C)(O)[N+]1(c2c(Cl)cccc2Cl)C(Cl)=CN=C1c1ccc(Br)cc1Cl. The molecule has 1 N–H and O–H groups in total. The summed E-state index contributed by atoms with van der Waals surface area (Å²) in [6.45, 7) is 3.24. The van der Waals surface area contributed by atoms with Crippen LogP contribution in [0.2, 0.25) is 15.1 Å². The van der Waals surface area contributed by atoms with E-state index < -0.39 is 5.72 Å². The Kier molecular flexibility index (Phi) is 5.50. The summed E-state index contributed by atoms with van der Waals surface area (Å²) in [6.07, 6.45) is 1.48. The highest BCUT2D eigenvalue weighted by molar-refractivity contribution is 9.10. The third-order valence-corrected chi connectivity index (χ3v) is 5.96. The molecule has 0 bridgehead atoms. The standard InChI is InChI=1S/C18H14BrCl4N2O/c1-18(2,26)25(16-12(20)4-3-5-13(16)21)15(23)9-24-17(25)11-7-6-10(19)8-14(11)22/h3-9,26H,1-2H3/q+1. The second-order valence-electron chi connectivity index (χ2n) is 6.26. The van der Waals surface area contributed by atoms with Crippen molar-refractivity contribution < 1.29 is 5.11 Å². The van der Waals surface area contributed by atoms with Gasteiger partial charge in [-0.3, -0.25) is 0 Å². The summed E-state index contributed by atoms with van der Waals surface area (Å²) < 4.78 is 0.454. The molecule has 0 aromatic heterocycles. The Morgan fingerprint density at radius 1 is 1.00 bits per heavy atom. The number of para-hydroxylation sites is 1. The molecule has 3 nitrogen and oxygen atoms in total. The van der Waals surface area contributed by atoms with Gasteiger partial charge in [0.1, 0.15) is 16.2 Å². The average Bonchev–Trinajstić information content (AvgIpc) is 2.85. The van der Waals surface area contributed by atoms with Crippen LogP contribution in [0.4, 0.5) is 5.69 Å². The highest BCUT2D eigenvalue weighted by Crippen LogP contribution is 2.50. The van der Waals surface area contributed by atoms with Crippen molar-refractivity contribution in [3.05, 3.63) is 72.9 Å². The van der Waals surface area contributed by atoms with Crippen molar-refractivity contribution in [3.8, 4) is 0 Å². The molecular weight excluding hydrogens is 482 g/mol. The van der Waals surface area contributed by atoms with Gasteiger partial charge < -0.3 is 5.11 Å². The van der Waals surface area contributed by atoms with Gasteiger partial charge in [0.25, 0.3) is 0 Å². The van der Waals surface area contributed by atoms with E-state index in [0.29, 0.717) is 32.2 Å². The van der Waals surface area contributed by atoms with Crippen LogP contribution >= 0.6 is 62.3 Å². The van der Waals surface area contributed by atoms with Gasteiger partial charge in [-0.15, -0.1) is 0 Å². The fourth-order valence-electron chi connectivity index (χ4n) is 3.13. The summed E-state index contributed by atoms with van der Waals surface area (Å²) in [4.78, 5) is 4.47. The molecule has 3 rings (SSSR count). The van der Waals surface area contributed by atoms with Crippen molar-refractivity contribution in [2.24, 2.45) is 4.99 Å². The first kappa shape index (κ1) is 20.2. The molecular formula is C18H14BrCl4N2O+. The lowest BCUT2D eigenvalue weighted by atomic mass is 10.0. The maximum atomic E-state index is 11.2. The molecule has 0 amide bonds. The van der Waals surface area contributed by atoms with Crippen LogP contribution in [0, 0.1) is 0 Å². The van der Waals surface area contributed by atoms with Crippen LogP contribution < -0.4 is 4.48 Å². The smallest absolute Gasteiger partial charge is 0.250 e. The third kappa shape index (κ3) is 3.02. The number of aliphatic imine (C=N–C) groups is 1. The monoisotopic (exact) mass is 493 g/mol. The Balaban J connectivity index is 2.40. The fourth-order valence-corrected chi connectivity index (χ4v) is 4.96. The van der Waals surface area contributed by atoms with E-state index in [0.717, 1.165) is 4.47 Å².